The zero-order chi connectivity index (χ0) is 22.6. The molecule has 160 valence electrons. The number of nitrogens with one attached hydrogen (secondary N) is 4. The minimum atomic E-state index is -0.705. The van der Waals surface area contributed by atoms with Crippen LogP contribution in [0.15, 0.2) is 53.3 Å². The monoisotopic (exact) mass is 423 g/mol. The van der Waals surface area contributed by atoms with Gasteiger partial charge in [0.1, 0.15) is 5.60 Å². The van der Waals surface area contributed by atoms with Crippen LogP contribution in [0.3, 0.4) is 0 Å². The van der Waals surface area contributed by atoms with Crippen molar-refractivity contribution < 1.29 is 19.1 Å². The number of hydrazine groups is 1. The highest BCUT2D eigenvalue weighted by Gasteiger charge is 2.18. The molecule has 4 N–H and O–H groups in total. The van der Waals surface area contributed by atoms with Gasteiger partial charge in [0.15, 0.2) is 5.69 Å². The van der Waals surface area contributed by atoms with E-state index in [1.807, 2.05) is 0 Å². The SMILES string of the molecule is CC(C)(C)OC(=O)Nc1cccc(C(=O)NNC(=O)c2n[nH]c(=O)c3ccccc23)c1. The molecular weight excluding hydrogens is 402 g/mol. The Morgan fingerprint density at radius 3 is 2.32 bits per heavy atom. The van der Waals surface area contributed by atoms with Gasteiger partial charge in [0.25, 0.3) is 17.4 Å². The summed E-state index contributed by atoms with van der Waals surface area (Å²) in [6, 6.07) is 12.6. The maximum atomic E-state index is 12.5. The van der Waals surface area contributed by atoms with Crippen molar-refractivity contribution in [2.75, 3.05) is 5.32 Å². The maximum absolute atomic E-state index is 12.5. The van der Waals surface area contributed by atoms with Gasteiger partial charge in [-0.2, -0.15) is 5.10 Å². The Hall–Kier alpha value is -4.21. The van der Waals surface area contributed by atoms with E-state index in [1.54, 1.807) is 57.2 Å². The van der Waals surface area contributed by atoms with E-state index in [-0.39, 0.29) is 11.3 Å². The van der Waals surface area contributed by atoms with Crippen molar-refractivity contribution in [3.63, 3.8) is 0 Å². The molecule has 0 spiro atoms. The van der Waals surface area contributed by atoms with Crippen molar-refractivity contribution in [2.45, 2.75) is 26.4 Å². The summed E-state index contributed by atoms with van der Waals surface area (Å²) in [5, 5.41) is 9.21. The molecule has 0 fully saturated rings. The van der Waals surface area contributed by atoms with E-state index in [0.29, 0.717) is 16.5 Å². The van der Waals surface area contributed by atoms with Crippen LogP contribution in [0, 0.1) is 0 Å². The molecule has 31 heavy (non-hydrogen) atoms. The number of rotatable bonds is 3. The highest BCUT2D eigenvalue weighted by atomic mass is 16.6. The van der Waals surface area contributed by atoms with Gasteiger partial charge in [-0.15, -0.1) is 0 Å². The number of aromatic nitrogens is 2. The first-order valence-electron chi connectivity index (χ1n) is 9.32. The number of hydrogen-bond acceptors (Lipinski definition) is 6. The van der Waals surface area contributed by atoms with Crippen LogP contribution in [0.1, 0.15) is 41.6 Å². The molecule has 3 aromatic rings. The lowest BCUT2D eigenvalue weighted by Gasteiger charge is -2.19. The summed E-state index contributed by atoms with van der Waals surface area (Å²) in [7, 11) is 0. The Bertz CT molecular complexity index is 1210. The minimum absolute atomic E-state index is 0.0455. The highest BCUT2D eigenvalue weighted by Crippen LogP contribution is 2.14. The predicted octanol–water partition coefficient (Wildman–Crippen LogP) is 2.34. The molecule has 0 unspecified atom stereocenters. The fourth-order valence-electron chi connectivity index (χ4n) is 2.69. The minimum Gasteiger partial charge on any atom is -0.444 e. The third-order valence-corrected chi connectivity index (χ3v) is 3.97. The van der Waals surface area contributed by atoms with Crippen LogP contribution in [0.25, 0.3) is 10.8 Å². The van der Waals surface area contributed by atoms with Crippen LogP contribution in [0.2, 0.25) is 0 Å². The number of ether oxygens (including phenoxy) is 1. The number of amides is 3. The number of H-pyrrole nitrogens is 1. The summed E-state index contributed by atoms with van der Waals surface area (Å²) in [5.41, 5.74) is 3.95. The summed E-state index contributed by atoms with van der Waals surface area (Å²) in [6.07, 6.45) is -0.658. The second-order valence-electron chi connectivity index (χ2n) is 7.56. The molecule has 1 aromatic heterocycles. The number of anilines is 1. The average molecular weight is 423 g/mol. The lowest BCUT2D eigenvalue weighted by atomic mass is 10.1. The molecule has 0 saturated carbocycles. The Labute approximate surface area is 177 Å². The van der Waals surface area contributed by atoms with Crippen LogP contribution >= 0.6 is 0 Å². The lowest BCUT2D eigenvalue weighted by molar-refractivity contribution is 0.0635. The smallest absolute Gasteiger partial charge is 0.412 e. The number of carbonyl (C=O) groups excluding carboxylic acids is 3. The number of benzene rings is 2. The largest absolute Gasteiger partial charge is 0.444 e. The van der Waals surface area contributed by atoms with E-state index in [0.717, 1.165) is 0 Å². The van der Waals surface area contributed by atoms with Crippen LogP contribution < -0.4 is 21.7 Å². The van der Waals surface area contributed by atoms with Gasteiger partial charge in [0.05, 0.1) is 5.39 Å². The van der Waals surface area contributed by atoms with E-state index in [1.165, 1.54) is 12.1 Å². The number of aromatic amines is 1. The Kier molecular flexibility index (Phi) is 6.00. The zero-order valence-electron chi connectivity index (χ0n) is 17.1. The van der Waals surface area contributed by atoms with Crippen molar-refractivity contribution in [3.8, 4) is 0 Å². The normalized spacial score (nSPS) is 10.9. The molecule has 0 radical (unpaired) electrons. The first-order chi connectivity index (χ1) is 14.6. The van der Waals surface area contributed by atoms with Crippen LogP contribution in [0.5, 0.6) is 0 Å². The van der Waals surface area contributed by atoms with Crippen molar-refractivity contribution in [1.82, 2.24) is 21.0 Å². The van der Waals surface area contributed by atoms with E-state index < -0.39 is 29.1 Å². The van der Waals surface area contributed by atoms with Gasteiger partial charge in [-0.3, -0.25) is 30.6 Å². The zero-order valence-corrected chi connectivity index (χ0v) is 17.1. The van der Waals surface area contributed by atoms with Gasteiger partial charge in [0, 0.05) is 16.6 Å². The number of nitrogens with zero attached hydrogens (tertiary/aromatic N) is 1. The van der Waals surface area contributed by atoms with Crippen LogP contribution in [0.4, 0.5) is 10.5 Å². The fraction of sp³-hybridized carbons (Fsp3) is 0.190. The first-order valence-corrected chi connectivity index (χ1v) is 9.32. The van der Waals surface area contributed by atoms with Gasteiger partial charge >= 0.3 is 6.09 Å². The van der Waals surface area contributed by atoms with Crippen LogP contribution in [-0.4, -0.2) is 33.7 Å². The fourth-order valence-corrected chi connectivity index (χ4v) is 2.69. The van der Waals surface area contributed by atoms with Crippen molar-refractivity contribution in [1.29, 1.82) is 0 Å². The quantitative estimate of drug-likeness (QED) is 0.476. The molecule has 10 heteroatoms. The molecule has 0 aliphatic carbocycles. The number of carbonyl (C=O) groups is 3. The summed E-state index contributed by atoms with van der Waals surface area (Å²) in [4.78, 5) is 48.6. The van der Waals surface area contributed by atoms with Crippen molar-refractivity contribution >= 4 is 34.4 Å². The molecule has 0 bridgehead atoms. The summed E-state index contributed by atoms with van der Waals surface area (Å²) in [6.45, 7) is 5.21. The van der Waals surface area contributed by atoms with E-state index >= 15 is 0 Å². The highest BCUT2D eigenvalue weighted by molar-refractivity contribution is 6.06. The predicted molar refractivity (Wildman–Crippen MR) is 114 cm³/mol. The second kappa shape index (κ2) is 8.66. The average Bonchev–Trinajstić information content (AvgIpc) is 2.71. The molecule has 1 heterocycles. The molecular formula is C21H21N5O5. The molecule has 10 nitrogen and oxygen atoms in total. The number of fused-ring (bicyclic) bond motifs is 1. The van der Waals surface area contributed by atoms with Crippen molar-refractivity contribution in [3.05, 3.63) is 70.1 Å². The summed E-state index contributed by atoms with van der Waals surface area (Å²) in [5.74, 6) is -1.32. The molecule has 2 aromatic carbocycles. The van der Waals surface area contributed by atoms with Crippen LogP contribution in [-0.2, 0) is 4.74 Å². The third kappa shape index (κ3) is 5.44. The second-order valence-corrected chi connectivity index (χ2v) is 7.56. The molecule has 0 aliphatic rings. The third-order valence-electron chi connectivity index (χ3n) is 3.97. The van der Waals surface area contributed by atoms with E-state index in [2.05, 4.69) is 26.4 Å². The topological polar surface area (TPSA) is 142 Å². The van der Waals surface area contributed by atoms with E-state index in [9.17, 15) is 19.2 Å². The first kappa shape index (κ1) is 21.5. The van der Waals surface area contributed by atoms with Gasteiger partial charge in [-0.1, -0.05) is 24.3 Å². The molecule has 0 atom stereocenters. The molecule has 3 rings (SSSR count). The van der Waals surface area contributed by atoms with Gasteiger partial charge in [0.2, 0.25) is 0 Å². The van der Waals surface area contributed by atoms with Gasteiger partial charge in [-0.25, -0.2) is 9.89 Å². The lowest BCUT2D eigenvalue weighted by Crippen LogP contribution is -2.42. The summed E-state index contributed by atoms with van der Waals surface area (Å²) >= 11 is 0. The van der Waals surface area contributed by atoms with E-state index in [4.69, 9.17) is 4.74 Å². The van der Waals surface area contributed by atoms with Gasteiger partial charge in [-0.05, 0) is 45.0 Å². The number of hydrogen-bond donors (Lipinski definition) is 4. The Morgan fingerprint density at radius 1 is 0.935 bits per heavy atom. The standard InChI is InChI=1S/C21H21N5O5/c1-21(2,3)31-20(30)22-13-8-6-7-12(11-13)17(27)24-26-19(29)16-14-9-4-5-10-15(14)18(28)25-23-16/h4-11H,1-3H3,(H,22,30)(H,24,27)(H,25,28)(H,26,29). The maximum Gasteiger partial charge on any atom is 0.412 e. The molecule has 3 amide bonds. The molecule has 0 aliphatic heterocycles. The molecule has 0 saturated heterocycles. The van der Waals surface area contributed by atoms with Gasteiger partial charge < -0.3 is 4.74 Å². The summed E-state index contributed by atoms with van der Waals surface area (Å²) < 4.78 is 5.17. The van der Waals surface area contributed by atoms with Crippen molar-refractivity contribution in [2.24, 2.45) is 0 Å². The Morgan fingerprint density at radius 2 is 1.61 bits per heavy atom. The Balaban J connectivity index is 1.68.